The number of fused-ring (bicyclic) bond motifs is 1. The zero-order chi connectivity index (χ0) is 11.7. The molecular weight excluding hydrogens is 214 g/mol. The van der Waals surface area contributed by atoms with Crippen molar-refractivity contribution in [3.05, 3.63) is 59.3 Å². The highest BCUT2D eigenvalue weighted by atomic mass is 16.1. The lowest BCUT2D eigenvalue weighted by Gasteiger charge is -2.02. The van der Waals surface area contributed by atoms with Gasteiger partial charge in [-0.05, 0) is 18.2 Å². The lowest BCUT2D eigenvalue weighted by molar-refractivity contribution is 1.17. The van der Waals surface area contributed by atoms with Crippen molar-refractivity contribution < 1.29 is 0 Å². The van der Waals surface area contributed by atoms with Crippen LogP contribution in [0.25, 0.3) is 22.2 Å². The molecule has 4 nitrogen and oxygen atoms in total. The van der Waals surface area contributed by atoms with Crippen LogP contribution in [0.15, 0.2) is 53.8 Å². The summed E-state index contributed by atoms with van der Waals surface area (Å²) in [6.07, 6.45) is 4.85. The number of pyridine rings is 1. The summed E-state index contributed by atoms with van der Waals surface area (Å²) in [6.45, 7) is 0. The first-order chi connectivity index (χ1) is 8.34. The molecule has 0 saturated heterocycles. The molecule has 0 saturated carbocycles. The maximum absolute atomic E-state index is 11.6. The molecule has 1 N–H and O–H groups in total. The van der Waals surface area contributed by atoms with Crippen LogP contribution in [-0.4, -0.2) is 15.0 Å². The fourth-order valence-electron chi connectivity index (χ4n) is 1.80. The van der Waals surface area contributed by atoms with Gasteiger partial charge in [0.1, 0.15) is 6.33 Å². The van der Waals surface area contributed by atoms with Crippen molar-refractivity contribution in [1.82, 2.24) is 15.0 Å². The van der Waals surface area contributed by atoms with Crippen LogP contribution in [-0.2, 0) is 0 Å². The van der Waals surface area contributed by atoms with Gasteiger partial charge in [0, 0.05) is 34.9 Å². The number of benzene rings is 1. The van der Waals surface area contributed by atoms with Crippen LogP contribution in [0.3, 0.4) is 0 Å². The lowest BCUT2D eigenvalue weighted by Crippen LogP contribution is -1.99. The predicted octanol–water partition coefficient (Wildman–Crippen LogP) is 1.99. The highest BCUT2D eigenvalue weighted by molar-refractivity contribution is 5.83. The average molecular weight is 223 g/mol. The average Bonchev–Trinajstić information content (AvgIpc) is 2.40. The van der Waals surface area contributed by atoms with Crippen LogP contribution < -0.4 is 5.43 Å². The van der Waals surface area contributed by atoms with E-state index in [9.17, 15) is 4.79 Å². The molecule has 82 valence electrons. The van der Waals surface area contributed by atoms with Crippen molar-refractivity contribution in [3.8, 4) is 11.3 Å². The van der Waals surface area contributed by atoms with Crippen LogP contribution in [0.2, 0.25) is 0 Å². The molecule has 0 aliphatic rings. The molecule has 0 unspecified atom stereocenters. The number of rotatable bonds is 1. The van der Waals surface area contributed by atoms with Crippen molar-refractivity contribution >= 4 is 10.9 Å². The quantitative estimate of drug-likeness (QED) is 0.686. The van der Waals surface area contributed by atoms with Gasteiger partial charge in [-0.25, -0.2) is 9.97 Å². The van der Waals surface area contributed by atoms with Gasteiger partial charge in [0.25, 0.3) is 0 Å². The fourth-order valence-corrected chi connectivity index (χ4v) is 1.80. The van der Waals surface area contributed by atoms with Crippen molar-refractivity contribution in [3.63, 3.8) is 0 Å². The molecular formula is C13H9N3O. The number of hydrogen-bond acceptors (Lipinski definition) is 3. The van der Waals surface area contributed by atoms with Crippen LogP contribution in [0, 0.1) is 0 Å². The summed E-state index contributed by atoms with van der Waals surface area (Å²) in [5.74, 6) is 0. The van der Waals surface area contributed by atoms with E-state index in [4.69, 9.17) is 0 Å². The largest absolute Gasteiger partial charge is 0.361 e. The molecule has 0 atom stereocenters. The first-order valence-electron chi connectivity index (χ1n) is 5.22. The third kappa shape index (κ3) is 1.69. The molecule has 2 heterocycles. The molecule has 0 fully saturated rings. The monoisotopic (exact) mass is 223 g/mol. The van der Waals surface area contributed by atoms with Crippen molar-refractivity contribution in [2.24, 2.45) is 0 Å². The van der Waals surface area contributed by atoms with Crippen LogP contribution in [0.1, 0.15) is 0 Å². The van der Waals surface area contributed by atoms with Gasteiger partial charge in [0.05, 0.1) is 5.69 Å². The summed E-state index contributed by atoms with van der Waals surface area (Å²) in [6, 6.07) is 8.97. The molecule has 0 bridgehead atoms. The molecule has 3 aromatic rings. The Labute approximate surface area is 97.0 Å². The Kier molecular flexibility index (Phi) is 2.19. The summed E-state index contributed by atoms with van der Waals surface area (Å²) in [5.41, 5.74) is 2.63. The Morgan fingerprint density at radius 3 is 2.88 bits per heavy atom. The van der Waals surface area contributed by atoms with Gasteiger partial charge in [-0.15, -0.1) is 0 Å². The van der Waals surface area contributed by atoms with E-state index in [2.05, 4.69) is 15.0 Å². The summed E-state index contributed by atoms with van der Waals surface area (Å²) < 4.78 is 0. The Morgan fingerprint density at radius 1 is 1.12 bits per heavy atom. The number of H-pyrrole nitrogens is 1. The Morgan fingerprint density at radius 2 is 2.06 bits per heavy atom. The van der Waals surface area contributed by atoms with E-state index in [-0.39, 0.29) is 5.43 Å². The maximum Gasteiger partial charge on any atom is 0.189 e. The zero-order valence-electron chi connectivity index (χ0n) is 8.92. The maximum atomic E-state index is 11.6. The first-order valence-corrected chi connectivity index (χ1v) is 5.22. The van der Waals surface area contributed by atoms with E-state index in [1.54, 1.807) is 12.4 Å². The minimum atomic E-state index is 0.0213. The number of aromatic nitrogens is 3. The van der Waals surface area contributed by atoms with E-state index in [0.717, 1.165) is 16.8 Å². The third-order valence-electron chi connectivity index (χ3n) is 2.64. The van der Waals surface area contributed by atoms with Gasteiger partial charge >= 0.3 is 0 Å². The van der Waals surface area contributed by atoms with Crippen LogP contribution in [0.4, 0.5) is 0 Å². The molecule has 4 heteroatoms. The molecule has 3 rings (SSSR count). The molecule has 17 heavy (non-hydrogen) atoms. The van der Waals surface area contributed by atoms with Crippen LogP contribution >= 0.6 is 0 Å². The first kappa shape index (κ1) is 9.72. The van der Waals surface area contributed by atoms with Crippen molar-refractivity contribution in [2.45, 2.75) is 0 Å². The Balaban J connectivity index is 2.25. The SMILES string of the molecule is O=c1cc[nH]c2cc(-c3ccncn3)ccc12. The fraction of sp³-hybridized carbons (Fsp3) is 0. The number of nitrogens with zero attached hydrogens (tertiary/aromatic N) is 2. The summed E-state index contributed by atoms with van der Waals surface area (Å²) in [5, 5.41) is 0.685. The Hall–Kier alpha value is -2.49. The van der Waals surface area contributed by atoms with Crippen molar-refractivity contribution in [2.75, 3.05) is 0 Å². The third-order valence-corrected chi connectivity index (χ3v) is 2.64. The van der Waals surface area contributed by atoms with Gasteiger partial charge < -0.3 is 4.98 Å². The zero-order valence-corrected chi connectivity index (χ0v) is 8.92. The van der Waals surface area contributed by atoms with Gasteiger partial charge in [0.15, 0.2) is 5.43 Å². The highest BCUT2D eigenvalue weighted by Gasteiger charge is 2.02. The molecule has 0 radical (unpaired) electrons. The second-order valence-corrected chi connectivity index (χ2v) is 3.70. The van der Waals surface area contributed by atoms with E-state index >= 15 is 0 Å². The van der Waals surface area contributed by atoms with Crippen molar-refractivity contribution in [1.29, 1.82) is 0 Å². The Bertz CT molecular complexity index is 719. The topological polar surface area (TPSA) is 58.6 Å². The van der Waals surface area contributed by atoms with Gasteiger partial charge in [-0.1, -0.05) is 6.07 Å². The summed E-state index contributed by atoms with van der Waals surface area (Å²) in [7, 11) is 0. The van der Waals surface area contributed by atoms with Gasteiger partial charge in [-0.3, -0.25) is 4.79 Å². The van der Waals surface area contributed by atoms with Crippen LogP contribution in [0.5, 0.6) is 0 Å². The molecule has 0 spiro atoms. The summed E-state index contributed by atoms with van der Waals surface area (Å²) in [4.78, 5) is 22.7. The van der Waals surface area contributed by atoms with E-state index < -0.39 is 0 Å². The number of aromatic amines is 1. The normalized spacial score (nSPS) is 10.6. The minimum Gasteiger partial charge on any atom is -0.361 e. The molecule has 1 aromatic carbocycles. The smallest absolute Gasteiger partial charge is 0.189 e. The minimum absolute atomic E-state index is 0.0213. The number of nitrogens with one attached hydrogen (secondary N) is 1. The lowest BCUT2D eigenvalue weighted by atomic mass is 10.1. The predicted molar refractivity (Wildman–Crippen MR) is 65.6 cm³/mol. The van der Waals surface area contributed by atoms with E-state index in [1.807, 2.05) is 24.3 Å². The standard InChI is InChI=1S/C13H9N3O/c17-13-4-6-15-12-7-9(1-2-10(12)13)11-3-5-14-8-16-11/h1-8H,(H,15,17). The van der Waals surface area contributed by atoms with E-state index in [0.29, 0.717) is 5.39 Å². The molecule has 0 aliphatic carbocycles. The van der Waals surface area contributed by atoms with Gasteiger partial charge in [-0.2, -0.15) is 0 Å². The highest BCUT2D eigenvalue weighted by Crippen LogP contribution is 2.19. The second kappa shape index (κ2) is 3.83. The number of hydrogen-bond donors (Lipinski definition) is 1. The molecule has 2 aromatic heterocycles. The van der Waals surface area contributed by atoms with Gasteiger partial charge in [0.2, 0.25) is 0 Å². The summed E-state index contributed by atoms with van der Waals surface area (Å²) >= 11 is 0. The molecule has 0 amide bonds. The molecule has 0 aliphatic heterocycles. The second-order valence-electron chi connectivity index (χ2n) is 3.70. The van der Waals surface area contributed by atoms with E-state index in [1.165, 1.54) is 12.4 Å².